The molecule has 15 heavy (non-hydrogen) atoms. The van der Waals surface area contributed by atoms with Crippen molar-refractivity contribution in [1.29, 1.82) is 0 Å². The molecule has 2 N–H and O–H groups in total. The van der Waals surface area contributed by atoms with Gasteiger partial charge in [-0.2, -0.15) is 4.98 Å². The Labute approximate surface area is 90.0 Å². The van der Waals surface area contributed by atoms with Crippen LogP contribution in [-0.2, 0) is 17.6 Å². The third kappa shape index (κ3) is 4.40. The fourth-order valence-corrected chi connectivity index (χ4v) is 1.18. The Hall–Kier alpha value is -0.940. The summed E-state index contributed by atoms with van der Waals surface area (Å²) in [5.74, 6) is 1.25. The maximum absolute atomic E-state index is 5.85. The van der Waals surface area contributed by atoms with Gasteiger partial charge in [-0.25, -0.2) is 0 Å². The topological polar surface area (TPSA) is 74.2 Å². The highest BCUT2D eigenvalue weighted by atomic mass is 16.5. The number of nitrogens with zero attached hydrogens (tertiary/aromatic N) is 2. The second kappa shape index (κ2) is 4.72. The Morgan fingerprint density at radius 1 is 1.53 bits per heavy atom. The molecule has 1 unspecified atom stereocenters. The van der Waals surface area contributed by atoms with Gasteiger partial charge < -0.3 is 15.0 Å². The van der Waals surface area contributed by atoms with Gasteiger partial charge in [-0.1, -0.05) is 5.16 Å². The fraction of sp³-hybridized carbons (Fsp3) is 0.800. The van der Waals surface area contributed by atoms with E-state index in [1.807, 2.05) is 20.8 Å². The van der Waals surface area contributed by atoms with Crippen LogP contribution in [-0.4, -0.2) is 28.9 Å². The molecule has 0 fully saturated rings. The fourth-order valence-electron chi connectivity index (χ4n) is 1.18. The summed E-state index contributed by atoms with van der Waals surface area (Å²) in [6.07, 6.45) is 1.34. The Morgan fingerprint density at radius 2 is 2.20 bits per heavy atom. The highest BCUT2D eigenvalue weighted by molar-refractivity contribution is 4.93. The highest BCUT2D eigenvalue weighted by Gasteiger charge is 2.17. The van der Waals surface area contributed by atoms with E-state index in [-0.39, 0.29) is 11.6 Å². The smallest absolute Gasteiger partial charge is 0.228 e. The monoisotopic (exact) mass is 213 g/mol. The largest absolute Gasteiger partial charge is 0.381 e. The molecule has 0 bridgehead atoms. The van der Waals surface area contributed by atoms with Crippen molar-refractivity contribution in [2.24, 2.45) is 5.73 Å². The molecular weight excluding hydrogens is 194 g/mol. The first-order chi connectivity index (χ1) is 6.90. The molecule has 1 rings (SSSR count). The first-order valence-corrected chi connectivity index (χ1v) is 5.04. The molecule has 0 aliphatic heterocycles. The quantitative estimate of drug-likeness (QED) is 0.787. The van der Waals surface area contributed by atoms with E-state index in [2.05, 4.69) is 10.1 Å². The van der Waals surface area contributed by atoms with Crippen molar-refractivity contribution in [2.75, 3.05) is 7.11 Å². The Balaban J connectivity index is 2.56. The van der Waals surface area contributed by atoms with Gasteiger partial charge in [0, 0.05) is 25.5 Å². The summed E-state index contributed by atoms with van der Waals surface area (Å²) in [4.78, 5) is 4.25. The average Bonchev–Trinajstić information content (AvgIpc) is 2.49. The maximum Gasteiger partial charge on any atom is 0.228 e. The van der Waals surface area contributed by atoms with Crippen molar-refractivity contribution in [3.05, 3.63) is 11.7 Å². The van der Waals surface area contributed by atoms with Gasteiger partial charge in [-0.3, -0.25) is 0 Å². The third-order valence-corrected chi connectivity index (χ3v) is 1.99. The van der Waals surface area contributed by atoms with Crippen LogP contribution in [0.2, 0.25) is 0 Å². The summed E-state index contributed by atoms with van der Waals surface area (Å²) in [6.45, 7) is 5.81. The molecule has 0 aliphatic carbocycles. The SMILES string of the molecule is COC(C)Cc1noc(CC(C)(C)N)n1. The van der Waals surface area contributed by atoms with Gasteiger partial charge >= 0.3 is 0 Å². The van der Waals surface area contributed by atoms with E-state index in [1.54, 1.807) is 7.11 Å². The number of ether oxygens (including phenoxy) is 1. The zero-order valence-electron chi connectivity index (χ0n) is 9.78. The summed E-state index contributed by atoms with van der Waals surface area (Å²) >= 11 is 0. The lowest BCUT2D eigenvalue weighted by Crippen LogP contribution is -2.34. The zero-order valence-corrected chi connectivity index (χ0v) is 9.78. The number of aromatic nitrogens is 2. The van der Waals surface area contributed by atoms with E-state index >= 15 is 0 Å². The van der Waals surface area contributed by atoms with Crippen LogP contribution < -0.4 is 5.73 Å². The van der Waals surface area contributed by atoms with Crippen LogP contribution >= 0.6 is 0 Å². The minimum absolute atomic E-state index is 0.0985. The van der Waals surface area contributed by atoms with Crippen LogP contribution in [0.1, 0.15) is 32.5 Å². The summed E-state index contributed by atoms with van der Waals surface area (Å²) in [6, 6.07) is 0. The molecule has 1 atom stereocenters. The molecule has 5 heteroatoms. The summed E-state index contributed by atoms with van der Waals surface area (Å²) < 4.78 is 10.2. The van der Waals surface area contributed by atoms with Crippen molar-refractivity contribution in [1.82, 2.24) is 10.1 Å². The summed E-state index contributed by atoms with van der Waals surface area (Å²) in [5, 5.41) is 3.87. The van der Waals surface area contributed by atoms with Crippen LogP contribution in [0.25, 0.3) is 0 Å². The molecule has 0 saturated carbocycles. The van der Waals surface area contributed by atoms with Gasteiger partial charge in [-0.15, -0.1) is 0 Å². The molecule has 0 saturated heterocycles. The van der Waals surface area contributed by atoms with Gasteiger partial charge in [0.05, 0.1) is 6.10 Å². The molecule has 86 valence electrons. The van der Waals surface area contributed by atoms with Gasteiger partial charge in [0.15, 0.2) is 5.82 Å². The predicted octanol–water partition coefficient (Wildman–Crippen LogP) is 0.927. The van der Waals surface area contributed by atoms with E-state index < -0.39 is 0 Å². The normalized spacial score (nSPS) is 14.2. The first kappa shape index (κ1) is 12.1. The van der Waals surface area contributed by atoms with E-state index in [9.17, 15) is 0 Å². The van der Waals surface area contributed by atoms with Crippen molar-refractivity contribution in [3.63, 3.8) is 0 Å². The Bertz CT molecular complexity index is 304. The van der Waals surface area contributed by atoms with Gasteiger partial charge in [0.2, 0.25) is 5.89 Å². The van der Waals surface area contributed by atoms with Crippen molar-refractivity contribution in [3.8, 4) is 0 Å². The van der Waals surface area contributed by atoms with Crippen molar-refractivity contribution < 1.29 is 9.26 Å². The van der Waals surface area contributed by atoms with E-state index in [4.69, 9.17) is 15.0 Å². The molecule has 0 aromatic carbocycles. The zero-order chi connectivity index (χ0) is 11.5. The van der Waals surface area contributed by atoms with Crippen molar-refractivity contribution in [2.45, 2.75) is 45.3 Å². The molecule has 0 amide bonds. The van der Waals surface area contributed by atoms with E-state index in [0.717, 1.165) is 0 Å². The Morgan fingerprint density at radius 3 is 2.73 bits per heavy atom. The number of rotatable bonds is 5. The van der Waals surface area contributed by atoms with Crippen LogP contribution in [0.5, 0.6) is 0 Å². The van der Waals surface area contributed by atoms with Crippen LogP contribution in [0.15, 0.2) is 4.52 Å². The summed E-state index contributed by atoms with van der Waals surface area (Å²) in [5.41, 5.74) is 5.53. The third-order valence-electron chi connectivity index (χ3n) is 1.99. The number of hydrogen-bond acceptors (Lipinski definition) is 5. The van der Waals surface area contributed by atoms with Crippen LogP contribution in [0.3, 0.4) is 0 Å². The lowest BCUT2D eigenvalue weighted by atomic mass is 10.0. The molecule has 1 aromatic heterocycles. The van der Waals surface area contributed by atoms with E-state index in [0.29, 0.717) is 24.6 Å². The molecular formula is C10H19N3O2. The summed E-state index contributed by atoms with van der Waals surface area (Å²) in [7, 11) is 1.66. The van der Waals surface area contributed by atoms with Gasteiger partial charge in [-0.05, 0) is 20.8 Å². The van der Waals surface area contributed by atoms with Crippen LogP contribution in [0, 0.1) is 0 Å². The number of methoxy groups -OCH3 is 1. The molecule has 0 spiro atoms. The standard InChI is InChI=1S/C10H19N3O2/c1-7(14-4)5-8-12-9(15-13-8)6-10(2,3)11/h7H,5-6,11H2,1-4H3. The molecule has 1 heterocycles. The molecule has 0 aliphatic rings. The number of hydrogen-bond donors (Lipinski definition) is 1. The van der Waals surface area contributed by atoms with Gasteiger partial charge in [0.25, 0.3) is 0 Å². The second-order valence-electron chi connectivity index (χ2n) is 4.52. The lowest BCUT2D eigenvalue weighted by molar-refractivity contribution is 0.116. The molecule has 1 aromatic rings. The molecule has 5 nitrogen and oxygen atoms in total. The Kier molecular flexibility index (Phi) is 3.82. The average molecular weight is 213 g/mol. The molecule has 0 radical (unpaired) electrons. The first-order valence-electron chi connectivity index (χ1n) is 5.04. The highest BCUT2D eigenvalue weighted by Crippen LogP contribution is 2.09. The number of nitrogens with two attached hydrogens (primary N) is 1. The lowest BCUT2D eigenvalue weighted by Gasteiger charge is -2.14. The van der Waals surface area contributed by atoms with Gasteiger partial charge in [0.1, 0.15) is 0 Å². The van der Waals surface area contributed by atoms with Crippen LogP contribution in [0.4, 0.5) is 0 Å². The minimum atomic E-state index is -0.323. The second-order valence-corrected chi connectivity index (χ2v) is 4.52. The predicted molar refractivity (Wildman–Crippen MR) is 56.4 cm³/mol. The van der Waals surface area contributed by atoms with Crippen molar-refractivity contribution >= 4 is 0 Å². The minimum Gasteiger partial charge on any atom is -0.381 e. The van der Waals surface area contributed by atoms with E-state index in [1.165, 1.54) is 0 Å². The maximum atomic E-state index is 5.85.